The molecule has 3 aliphatic heterocycles. The number of methoxy groups -OCH3 is 1. The summed E-state index contributed by atoms with van der Waals surface area (Å²) in [6.45, 7) is 17.0. The zero-order valence-electron chi connectivity index (χ0n) is 24.0. The van der Waals surface area contributed by atoms with Crippen LogP contribution in [-0.2, 0) is 32.0 Å². The van der Waals surface area contributed by atoms with E-state index in [0.717, 1.165) is 62.7 Å². The van der Waals surface area contributed by atoms with Gasteiger partial charge in [0.25, 0.3) is 0 Å². The lowest BCUT2D eigenvalue weighted by molar-refractivity contribution is -0.128. The first-order chi connectivity index (χ1) is 18.0. The molecule has 1 unspecified atom stereocenters. The topological polar surface area (TPSA) is 110 Å². The van der Waals surface area contributed by atoms with E-state index in [1.807, 2.05) is 34.6 Å². The molecule has 1 aromatic heterocycles. The van der Waals surface area contributed by atoms with Gasteiger partial charge in [-0.2, -0.15) is 4.98 Å². The minimum absolute atomic E-state index is 0.220. The van der Waals surface area contributed by atoms with Crippen LogP contribution in [0.4, 0.5) is 16.6 Å². The number of hydrogen-bond acceptors (Lipinski definition) is 10. The van der Waals surface area contributed by atoms with E-state index in [2.05, 4.69) is 15.5 Å². The summed E-state index contributed by atoms with van der Waals surface area (Å²) in [4.78, 5) is 26.6. The molecule has 1 amide bonds. The number of ether oxygens (including phenoxy) is 4. The highest BCUT2D eigenvalue weighted by Crippen LogP contribution is 2.27. The van der Waals surface area contributed by atoms with E-state index in [4.69, 9.17) is 28.9 Å². The zero-order chi connectivity index (χ0) is 27.3. The van der Waals surface area contributed by atoms with Crippen molar-refractivity contribution in [3.05, 3.63) is 11.3 Å². The molecule has 2 N–H and O–H groups in total. The Kier molecular flexibility index (Phi) is 9.33. The van der Waals surface area contributed by atoms with Crippen LogP contribution >= 0.6 is 0 Å². The molecule has 0 saturated carbocycles. The molecule has 214 valence electrons. The van der Waals surface area contributed by atoms with Crippen LogP contribution in [0.1, 0.15) is 52.3 Å². The van der Waals surface area contributed by atoms with Gasteiger partial charge in [0.15, 0.2) is 0 Å². The number of hydrogen-bond donors (Lipinski definition) is 2. The Morgan fingerprint density at radius 1 is 1.18 bits per heavy atom. The first-order valence-corrected chi connectivity index (χ1v) is 13.8. The number of nitrogens with zero attached hydrogens (tertiary/aromatic N) is 4. The zero-order valence-corrected chi connectivity index (χ0v) is 24.0. The first-order valence-electron chi connectivity index (χ1n) is 13.8. The number of aromatic nitrogens is 2. The summed E-state index contributed by atoms with van der Waals surface area (Å²) in [5.41, 5.74) is 1.03. The van der Waals surface area contributed by atoms with Crippen molar-refractivity contribution in [3.63, 3.8) is 0 Å². The van der Waals surface area contributed by atoms with Gasteiger partial charge in [0.05, 0.1) is 50.3 Å². The fraction of sp³-hybridized carbons (Fsp3) is 0.815. The van der Waals surface area contributed by atoms with Crippen LogP contribution < -0.4 is 10.6 Å². The van der Waals surface area contributed by atoms with Gasteiger partial charge in [-0.05, 0) is 53.5 Å². The molecule has 0 radical (unpaired) electrons. The van der Waals surface area contributed by atoms with E-state index in [9.17, 15) is 4.79 Å². The fourth-order valence-corrected chi connectivity index (χ4v) is 5.27. The molecule has 2 atom stereocenters. The van der Waals surface area contributed by atoms with Crippen molar-refractivity contribution in [2.45, 2.75) is 71.4 Å². The Bertz CT molecular complexity index is 953. The molecule has 4 heterocycles. The largest absolute Gasteiger partial charge is 0.444 e. The molecule has 1 aromatic rings. The molecule has 11 nitrogen and oxygen atoms in total. The first kappa shape index (κ1) is 28.8. The Balaban J connectivity index is 1.38. The lowest BCUT2D eigenvalue weighted by atomic mass is 10.1. The van der Waals surface area contributed by atoms with Crippen molar-refractivity contribution >= 4 is 17.9 Å². The standard InChI is InChI=1S/C27H46N6O5/c1-26(2,3)38-25(34)33-16-20(37-27(4,5)18-33)14-29-24-30-22-8-11-36-17-21(22)23(31-24)28-13-19-7-9-32(15-19)10-12-35-6/h19-20H,7-18H2,1-6H3,(H2,28,29,30,31)/t19?,20-/m0/s1. The third-order valence-electron chi connectivity index (χ3n) is 6.98. The molecule has 2 saturated heterocycles. The molecule has 0 aliphatic carbocycles. The highest BCUT2D eigenvalue weighted by molar-refractivity contribution is 5.68. The molecule has 4 rings (SSSR count). The van der Waals surface area contributed by atoms with Gasteiger partial charge in [-0.3, -0.25) is 0 Å². The van der Waals surface area contributed by atoms with Crippen molar-refractivity contribution in [1.82, 2.24) is 19.8 Å². The summed E-state index contributed by atoms with van der Waals surface area (Å²) < 4.78 is 22.9. The second-order valence-electron chi connectivity index (χ2n) is 12.2. The average molecular weight is 535 g/mol. The van der Waals surface area contributed by atoms with Crippen LogP contribution in [0, 0.1) is 5.92 Å². The molecule has 38 heavy (non-hydrogen) atoms. The normalized spacial score (nSPS) is 23.7. The number of likely N-dealkylation sites (tertiary alicyclic amines) is 1. The van der Waals surface area contributed by atoms with Crippen molar-refractivity contribution < 1.29 is 23.7 Å². The predicted octanol–water partition coefficient (Wildman–Crippen LogP) is 2.76. The Labute approximate surface area is 226 Å². The summed E-state index contributed by atoms with van der Waals surface area (Å²) >= 11 is 0. The number of amides is 1. The maximum absolute atomic E-state index is 12.8. The quantitative estimate of drug-likeness (QED) is 0.491. The van der Waals surface area contributed by atoms with Gasteiger partial charge < -0.3 is 39.4 Å². The van der Waals surface area contributed by atoms with E-state index in [-0.39, 0.29) is 12.2 Å². The van der Waals surface area contributed by atoms with E-state index in [1.165, 1.54) is 0 Å². The Morgan fingerprint density at radius 2 is 2.00 bits per heavy atom. The van der Waals surface area contributed by atoms with Crippen LogP contribution in [0.25, 0.3) is 0 Å². The van der Waals surface area contributed by atoms with E-state index in [0.29, 0.717) is 44.7 Å². The molecular formula is C27H46N6O5. The van der Waals surface area contributed by atoms with Crippen molar-refractivity contribution in [3.8, 4) is 0 Å². The molecule has 2 fully saturated rings. The van der Waals surface area contributed by atoms with Gasteiger partial charge in [0, 0.05) is 45.3 Å². The number of rotatable bonds is 9. The van der Waals surface area contributed by atoms with Gasteiger partial charge in [0.2, 0.25) is 5.95 Å². The predicted molar refractivity (Wildman–Crippen MR) is 146 cm³/mol. The summed E-state index contributed by atoms with van der Waals surface area (Å²) in [6.07, 6.45) is 1.38. The van der Waals surface area contributed by atoms with Gasteiger partial charge in [-0.15, -0.1) is 0 Å². The lowest BCUT2D eigenvalue weighted by Gasteiger charge is -2.43. The number of carbonyl (C=O) groups is 1. The highest BCUT2D eigenvalue weighted by atomic mass is 16.6. The summed E-state index contributed by atoms with van der Waals surface area (Å²) in [6, 6.07) is 0. The van der Waals surface area contributed by atoms with Crippen LogP contribution in [0.2, 0.25) is 0 Å². The SMILES string of the molecule is COCCN1CCC(CNc2nc(NC[C@H]3CN(C(=O)OC(C)(C)C)CC(C)(C)O3)nc3c2COCC3)C1. The smallest absolute Gasteiger partial charge is 0.410 e. The van der Waals surface area contributed by atoms with Crippen LogP contribution in [0.3, 0.4) is 0 Å². The third-order valence-corrected chi connectivity index (χ3v) is 6.98. The number of fused-ring (bicyclic) bond motifs is 1. The van der Waals surface area contributed by atoms with Crippen molar-refractivity contribution in [2.75, 3.05) is 76.8 Å². The van der Waals surface area contributed by atoms with Gasteiger partial charge in [-0.25, -0.2) is 9.78 Å². The second kappa shape index (κ2) is 12.3. The van der Waals surface area contributed by atoms with E-state index in [1.54, 1.807) is 12.0 Å². The Hall–Kier alpha value is -2.21. The maximum atomic E-state index is 12.8. The molecule has 11 heteroatoms. The minimum Gasteiger partial charge on any atom is -0.444 e. The summed E-state index contributed by atoms with van der Waals surface area (Å²) in [5, 5.41) is 6.98. The summed E-state index contributed by atoms with van der Waals surface area (Å²) in [7, 11) is 1.75. The molecule has 0 spiro atoms. The van der Waals surface area contributed by atoms with Crippen molar-refractivity contribution in [1.29, 1.82) is 0 Å². The Morgan fingerprint density at radius 3 is 2.76 bits per heavy atom. The lowest BCUT2D eigenvalue weighted by Crippen LogP contribution is -2.57. The minimum atomic E-state index is -0.544. The van der Waals surface area contributed by atoms with Gasteiger partial charge in [0.1, 0.15) is 11.4 Å². The third kappa shape index (κ3) is 8.14. The molecule has 0 aromatic carbocycles. The number of carbonyl (C=O) groups excluding carboxylic acids is 1. The van der Waals surface area contributed by atoms with Crippen LogP contribution in [-0.4, -0.2) is 109 Å². The molecule has 0 bridgehead atoms. The summed E-state index contributed by atoms with van der Waals surface area (Å²) in [5.74, 6) is 1.97. The fourth-order valence-electron chi connectivity index (χ4n) is 5.27. The second-order valence-corrected chi connectivity index (χ2v) is 12.2. The van der Waals surface area contributed by atoms with Gasteiger partial charge in [-0.1, -0.05) is 0 Å². The van der Waals surface area contributed by atoms with Crippen LogP contribution in [0.15, 0.2) is 0 Å². The average Bonchev–Trinajstić information content (AvgIpc) is 3.30. The molecular weight excluding hydrogens is 488 g/mol. The van der Waals surface area contributed by atoms with Gasteiger partial charge >= 0.3 is 6.09 Å². The number of morpholine rings is 1. The van der Waals surface area contributed by atoms with Crippen LogP contribution in [0.5, 0.6) is 0 Å². The van der Waals surface area contributed by atoms with Crippen molar-refractivity contribution in [2.24, 2.45) is 5.92 Å². The van der Waals surface area contributed by atoms with E-state index < -0.39 is 11.2 Å². The number of anilines is 2. The maximum Gasteiger partial charge on any atom is 0.410 e. The monoisotopic (exact) mass is 534 g/mol. The van der Waals surface area contributed by atoms with E-state index >= 15 is 0 Å². The number of nitrogens with one attached hydrogen (secondary N) is 2. The highest BCUT2D eigenvalue weighted by Gasteiger charge is 2.37. The molecule has 3 aliphatic rings.